The van der Waals surface area contributed by atoms with Gasteiger partial charge in [0, 0.05) is 5.56 Å². The molecule has 0 saturated heterocycles. The first-order valence-corrected chi connectivity index (χ1v) is 4.81. The van der Waals surface area contributed by atoms with Gasteiger partial charge in [0.15, 0.2) is 0 Å². The second-order valence-corrected chi connectivity index (χ2v) is 3.63. The minimum absolute atomic E-state index is 0.0865. The maximum atomic E-state index is 9.56. The molecule has 0 aliphatic rings. The summed E-state index contributed by atoms with van der Waals surface area (Å²) >= 11 is 3.17. The summed E-state index contributed by atoms with van der Waals surface area (Å²) in [7, 11) is 0. The van der Waals surface area contributed by atoms with Gasteiger partial charge in [0.25, 0.3) is 0 Å². The second-order valence-electron chi connectivity index (χ2n) is 2.77. The first kappa shape index (κ1) is 10.5. The van der Waals surface area contributed by atoms with Gasteiger partial charge in [0.05, 0.1) is 10.6 Å². The fraction of sp³-hybridized carbons (Fsp3) is 0.333. The van der Waals surface area contributed by atoms with Crippen molar-refractivity contribution >= 4 is 15.9 Å². The molecule has 0 spiro atoms. The Morgan fingerprint density at radius 3 is 2.77 bits per heavy atom. The van der Waals surface area contributed by atoms with Crippen molar-refractivity contribution in [3.05, 3.63) is 28.2 Å². The number of aliphatic hydroxyl groups is 1. The number of aromatic hydroxyl groups is 1. The van der Waals surface area contributed by atoms with E-state index in [1.54, 1.807) is 18.2 Å². The molecule has 1 atom stereocenters. The molecule has 3 nitrogen and oxygen atoms in total. The van der Waals surface area contributed by atoms with E-state index < -0.39 is 6.10 Å². The van der Waals surface area contributed by atoms with E-state index in [2.05, 4.69) is 15.9 Å². The first-order valence-electron chi connectivity index (χ1n) is 4.02. The number of para-hydroxylation sites is 1. The minimum atomic E-state index is -0.692. The van der Waals surface area contributed by atoms with Crippen molar-refractivity contribution in [3.8, 4) is 5.75 Å². The zero-order valence-corrected chi connectivity index (χ0v) is 8.66. The van der Waals surface area contributed by atoms with Gasteiger partial charge in [-0.25, -0.2) is 0 Å². The van der Waals surface area contributed by atoms with Crippen LogP contribution in [0.1, 0.15) is 18.1 Å². The van der Waals surface area contributed by atoms with E-state index in [-0.39, 0.29) is 5.75 Å². The SMILES string of the molecule is NCC[C@H](O)c1cccc(Br)c1O. The third kappa shape index (κ3) is 2.43. The molecule has 0 aromatic heterocycles. The number of hydrogen-bond acceptors (Lipinski definition) is 3. The lowest BCUT2D eigenvalue weighted by atomic mass is 10.1. The zero-order valence-electron chi connectivity index (χ0n) is 7.07. The Labute approximate surface area is 85.3 Å². The highest BCUT2D eigenvalue weighted by Crippen LogP contribution is 2.32. The number of phenolic OH excluding ortho intramolecular Hbond substituents is 1. The number of hydrogen-bond donors (Lipinski definition) is 3. The summed E-state index contributed by atoms with van der Waals surface area (Å²) in [4.78, 5) is 0. The lowest BCUT2D eigenvalue weighted by Gasteiger charge is -2.11. The van der Waals surface area contributed by atoms with E-state index in [4.69, 9.17) is 5.73 Å². The van der Waals surface area contributed by atoms with Crippen molar-refractivity contribution in [1.82, 2.24) is 0 Å². The quantitative estimate of drug-likeness (QED) is 0.757. The number of phenols is 1. The number of halogens is 1. The molecule has 0 amide bonds. The molecule has 13 heavy (non-hydrogen) atoms. The Morgan fingerprint density at radius 2 is 2.15 bits per heavy atom. The minimum Gasteiger partial charge on any atom is -0.506 e. The van der Waals surface area contributed by atoms with Crippen LogP contribution in [0.5, 0.6) is 5.75 Å². The van der Waals surface area contributed by atoms with Crippen LogP contribution in [-0.4, -0.2) is 16.8 Å². The molecule has 0 fully saturated rings. The van der Waals surface area contributed by atoms with Crippen LogP contribution in [0.4, 0.5) is 0 Å². The maximum absolute atomic E-state index is 9.56. The maximum Gasteiger partial charge on any atom is 0.135 e. The molecule has 0 unspecified atom stereocenters. The Bertz CT molecular complexity index is 291. The van der Waals surface area contributed by atoms with E-state index in [1.165, 1.54) is 0 Å². The number of rotatable bonds is 3. The van der Waals surface area contributed by atoms with Gasteiger partial charge >= 0.3 is 0 Å². The summed E-state index contributed by atoms with van der Waals surface area (Å²) in [6.07, 6.45) is -0.244. The van der Waals surface area contributed by atoms with Gasteiger partial charge in [-0.2, -0.15) is 0 Å². The van der Waals surface area contributed by atoms with Crippen molar-refractivity contribution < 1.29 is 10.2 Å². The van der Waals surface area contributed by atoms with Crippen molar-refractivity contribution in [3.63, 3.8) is 0 Å². The lowest BCUT2D eigenvalue weighted by Crippen LogP contribution is -2.06. The third-order valence-corrected chi connectivity index (χ3v) is 2.46. The Kier molecular flexibility index (Phi) is 3.71. The monoisotopic (exact) mass is 245 g/mol. The predicted octanol–water partition coefficient (Wildman–Crippen LogP) is 1.54. The molecule has 4 heteroatoms. The van der Waals surface area contributed by atoms with Crippen LogP contribution >= 0.6 is 15.9 Å². The third-order valence-electron chi connectivity index (χ3n) is 1.82. The largest absolute Gasteiger partial charge is 0.506 e. The molecular formula is C9H12BrNO2. The van der Waals surface area contributed by atoms with Crippen molar-refractivity contribution in [2.45, 2.75) is 12.5 Å². The zero-order chi connectivity index (χ0) is 9.84. The van der Waals surface area contributed by atoms with Gasteiger partial charge in [0.2, 0.25) is 0 Å². The summed E-state index contributed by atoms with van der Waals surface area (Å²) in [6, 6.07) is 5.16. The van der Waals surface area contributed by atoms with Crippen LogP contribution < -0.4 is 5.73 Å². The molecule has 1 rings (SSSR count). The summed E-state index contributed by atoms with van der Waals surface area (Å²) in [5.74, 6) is 0.0865. The van der Waals surface area contributed by atoms with Crippen molar-refractivity contribution in [2.75, 3.05) is 6.54 Å². The first-order chi connectivity index (χ1) is 6.16. The molecule has 0 radical (unpaired) electrons. The van der Waals surface area contributed by atoms with E-state index in [0.29, 0.717) is 23.0 Å². The molecule has 4 N–H and O–H groups in total. The van der Waals surface area contributed by atoms with E-state index in [9.17, 15) is 10.2 Å². The smallest absolute Gasteiger partial charge is 0.135 e. The van der Waals surface area contributed by atoms with Gasteiger partial charge in [-0.1, -0.05) is 12.1 Å². The summed E-state index contributed by atoms with van der Waals surface area (Å²) in [5, 5.41) is 19.1. The van der Waals surface area contributed by atoms with Gasteiger partial charge in [-0.3, -0.25) is 0 Å². The van der Waals surface area contributed by atoms with Crippen LogP contribution in [0, 0.1) is 0 Å². The van der Waals surface area contributed by atoms with E-state index >= 15 is 0 Å². The van der Waals surface area contributed by atoms with Gasteiger partial charge in [-0.05, 0) is 35.0 Å². The topological polar surface area (TPSA) is 66.5 Å². The fourth-order valence-electron chi connectivity index (χ4n) is 1.11. The number of aliphatic hydroxyl groups excluding tert-OH is 1. The molecule has 0 saturated carbocycles. The Morgan fingerprint density at radius 1 is 1.46 bits per heavy atom. The molecule has 0 heterocycles. The van der Waals surface area contributed by atoms with Gasteiger partial charge < -0.3 is 15.9 Å². The molecule has 72 valence electrons. The van der Waals surface area contributed by atoms with Crippen LogP contribution in [0.2, 0.25) is 0 Å². The molecule has 1 aromatic carbocycles. The highest BCUT2D eigenvalue weighted by Gasteiger charge is 2.12. The van der Waals surface area contributed by atoms with Crippen LogP contribution in [0.25, 0.3) is 0 Å². The van der Waals surface area contributed by atoms with Crippen molar-refractivity contribution in [2.24, 2.45) is 5.73 Å². The average Bonchev–Trinajstić information content (AvgIpc) is 2.10. The summed E-state index contributed by atoms with van der Waals surface area (Å²) in [5.41, 5.74) is 5.82. The summed E-state index contributed by atoms with van der Waals surface area (Å²) < 4.78 is 0.584. The standard InChI is InChI=1S/C9H12BrNO2/c10-7-3-1-2-6(9(7)13)8(12)4-5-11/h1-3,8,12-13H,4-5,11H2/t8-/m0/s1. The highest BCUT2D eigenvalue weighted by atomic mass is 79.9. The number of benzene rings is 1. The van der Waals surface area contributed by atoms with Crippen LogP contribution in [0.15, 0.2) is 22.7 Å². The lowest BCUT2D eigenvalue weighted by molar-refractivity contribution is 0.166. The predicted molar refractivity (Wildman–Crippen MR) is 54.4 cm³/mol. The van der Waals surface area contributed by atoms with Crippen molar-refractivity contribution in [1.29, 1.82) is 0 Å². The summed E-state index contributed by atoms with van der Waals surface area (Å²) in [6.45, 7) is 0.396. The highest BCUT2D eigenvalue weighted by molar-refractivity contribution is 9.10. The number of nitrogens with two attached hydrogens (primary N) is 1. The van der Waals surface area contributed by atoms with Gasteiger partial charge in [0.1, 0.15) is 5.75 Å². The normalized spacial score (nSPS) is 12.8. The molecule has 0 aliphatic carbocycles. The fourth-order valence-corrected chi connectivity index (χ4v) is 1.50. The molecule has 0 aliphatic heterocycles. The Balaban J connectivity index is 2.93. The van der Waals surface area contributed by atoms with Gasteiger partial charge in [-0.15, -0.1) is 0 Å². The average molecular weight is 246 g/mol. The van der Waals surface area contributed by atoms with E-state index in [1.807, 2.05) is 0 Å². The molecule has 1 aromatic rings. The second kappa shape index (κ2) is 4.60. The Hall–Kier alpha value is -0.580. The van der Waals surface area contributed by atoms with Crippen LogP contribution in [-0.2, 0) is 0 Å². The van der Waals surface area contributed by atoms with E-state index in [0.717, 1.165) is 0 Å². The molecule has 0 bridgehead atoms. The molecular weight excluding hydrogens is 234 g/mol. The van der Waals surface area contributed by atoms with Crippen LogP contribution in [0.3, 0.4) is 0 Å².